The Labute approximate surface area is 162 Å². The largest absolute Gasteiger partial charge is 0.492 e. The van der Waals surface area contributed by atoms with Gasteiger partial charge in [-0.25, -0.2) is 8.78 Å². The minimum absolute atomic E-state index is 0.275. The van der Waals surface area contributed by atoms with E-state index >= 15 is 0 Å². The molecule has 2 amide bonds. The lowest BCUT2D eigenvalue weighted by atomic mass is 10.2. The number of nitrogens with one attached hydrogen (secondary N) is 2. The number of carbonyl (C=O) groups is 2. The zero-order chi connectivity index (χ0) is 20.5. The molecule has 0 aromatic heterocycles. The molecule has 0 aliphatic carbocycles. The van der Waals surface area contributed by atoms with Gasteiger partial charge < -0.3 is 20.3 Å². The number of hydrogen-bond donors (Lipinski definition) is 2. The molecule has 28 heavy (non-hydrogen) atoms. The second-order valence-electron chi connectivity index (χ2n) is 6.38. The number of hydrogen-bond acceptors (Lipinski definition) is 4. The summed E-state index contributed by atoms with van der Waals surface area (Å²) in [5.74, 6) is -2.23. The molecule has 8 heteroatoms. The second kappa shape index (κ2) is 10.4. The minimum atomic E-state index is -0.981. The van der Waals surface area contributed by atoms with Gasteiger partial charge in [-0.3, -0.25) is 9.59 Å². The number of halogens is 2. The van der Waals surface area contributed by atoms with E-state index in [1.165, 1.54) is 0 Å². The maximum absolute atomic E-state index is 13.5. The van der Waals surface area contributed by atoms with Gasteiger partial charge in [0.15, 0.2) is 0 Å². The lowest BCUT2D eigenvalue weighted by molar-refractivity contribution is -0.120. The summed E-state index contributed by atoms with van der Waals surface area (Å²) < 4.78 is 32.0. The highest BCUT2D eigenvalue weighted by Crippen LogP contribution is 2.12. The topological polar surface area (TPSA) is 70.7 Å². The van der Waals surface area contributed by atoms with E-state index in [4.69, 9.17) is 4.74 Å². The van der Waals surface area contributed by atoms with E-state index in [0.29, 0.717) is 12.7 Å². The first-order valence-electron chi connectivity index (χ1n) is 8.71. The molecule has 0 atom stereocenters. The van der Waals surface area contributed by atoms with Crippen LogP contribution in [0.1, 0.15) is 15.9 Å². The first-order valence-corrected chi connectivity index (χ1v) is 8.71. The fourth-order valence-electron chi connectivity index (χ4n) is 2.24. The van der Waals surface area contributed by atoms with Crippen molar-refractivity contribution >= 4 is 11.8 Å². The van der Waals surface area contributed by atoms with Gasteiger partial charge >= 0.3 is 0 Å². The summed E-state index contributed by atoms with van der Waals surface area (Å²) in [7, 11) is 3.93. The van der Waals surface area contributed by atoms with E-state index < -0.39 is 23.4 Å². The lowest BCUT2D eigenvalue weighted by Crippen LogP contribution is -2.36. The van der Waals surface area contributed by atoms with Crippen LogP contribution in [0.4, 0.5) is 8.78 Å². The van der Waals surface area contributed by atoms with E-state index in [1.54, 1.807) is 0 Å². The SMILES string of the molecule is CN(C)CCOc1ccc(CNC(=O)CNC(=O)c2ccc(F)cc2F)cc1. The van der Waals surface area contributed by atoms with Crippen LogP contribution in [0.2, 0.25) is 0 Å². The van der Waals surface area contributed by atoms with Crippen LogP contribution < -0.4 is 15.4 Å². The number of benzene rings is 2. The summed E-state index contributed by atoms with van der Waals surface area (Å²) in [6.45, 7) is 1.35. The monoisotopic (exact) mass is 391 g/mol. The van der Waals surface area contributed by atoms with E-state index in [1.807, 2.05) is 43.3 Å². The minimum Gasteiger partial charge on any atom is -0.492 e. The smallest absolute Gasteiger partial charge is 0.254 e. The normalized spacial score (nSPS) is 10.6. The van der Waals surface area contributed by atoms with Crippen molar-refractivity contribution in [3.8, 4) is 5.75 Å². The maximum atomic E-state index is 13.5. The fourth-order valence-corrected chi connectivity index (χ4v) is 2.24. The van der Waals surface area contributed by atoms with Gasteiger partial charge in [-0.05, 0) is 43.9 Å². The molecule has 0 spiro atoms. The Kier molecular flexibility index (Phi) is 7.88. The van der Waals surface area contributed by atoms with Gasteiger partial charge in [0.2, 0.25) is 5.91 Å². The Morgan fingerprint density at radius 2 is 1.75 bits per heavy atom. The Bertz CT molecular complexity index is 811. The van der Waals surface area contributed by atoms with Crippen molar-refractivity contribution in [3.05, 3.63) is 65.2 Å². The lowest BCUT2D eigenvalue weighted by Gasteiger charge is -2.11. The van der Waals surface area contributed by atoms with Crippen LogP contribution in [0, 0.1) is 11.6 Å². The molecule has 0 saturated heterocycles. The summed E-state index contributed by atoms with van der Waals surface area (Å²) in [5.41, 5.74) is 0.545. The molecule has 6 nitrogen and oxygen atoms in total. The van der Waals surface area contributed by atoms with Crippen LogP contribution in [-0.2, 0) is 11.3 Å². The van der Waals surface area contributed by atoms with Crippen molar-refractivity contribution < 1.29 is 23.1 Å². The molecule has 0 bridgehead atoms. The van der Waals surface area contributed by atoms with E-state index in [-0.39, 0.29) is 18.7 Å². The van der Waals surface area contributed by atoms with E-state index in [0.717, 1.165) is 30.0 Å². The number of amides is 2. The third-order valence-electron chi connectivity index (χ3n) is 3.81. The maximum Gasteiger partial charge on any atom is 0.254 e. The average Bonchev–Trinajstić information content (AvgIpc) is 2.65. The molecule has 0 fully saturated rings. The summed E-state index contributed by atoms with van der Waals surface area (Å²) in [6, 6.07) is 9.91. The zero-order valence-electron chi connectivity index (χ0n) is 15.8. The van der Waals surface area contributed by atoms with E-state index in [9.17, 15) is 18.4 Å². The molecule has 2 aromatic carbocycles. The Hall–Kier alpha value is -3.00. The van der Waals surface area contributed by atoms with Gasteiger partial charge in [0.25, 0.3) is 5.91 Å². The van der Waals surface area contributed by atoms with Gasteiger partial charge in [0, 0.05) is 19.2 Å². The summed E-state index contributed by atoms with van der Waals surface area (Å²) in [6.07, 6.45) is 0. The molecule has 0 unspecified atom stereocenters. The molecular formula is C20H23F2N3O3. The fraction of sp³-hybridized carbons (Fsp3) is 0.300. The molecule has 2 rings (SSSR count). The molecule has 2 aromatic rings. The number of carbonyl (C=O) groups excluding carboxylic acids is 2. The summed E-state index contributed by atoms with van der Waals surface area (Å²) >= 11 is 0. The standard InChI is InChI=1S/C20H23F2N3O3/c1-25(2)9-10-28-16-6-3-14(4-7-16)12-23-19(26)13-24-20(27)17-8-5-15(21)11-18(17)22/h3-8,11H,9-10,12-13H2,1-2H3,(H,23,26)(H,24,27). The molecular weight excluding hydrogens is 368 g/mol. The summed E-state index contributed by atoms with van der Waals surface area (Å²) in [5, 5.41) is 4.95. The van der Waals surface area contributed by atoms with Crippen LogP contribution in [0.5, 0.6) is 5.75 Å². The number of likely N-dealkylation sites (N-methyl/N-ethyl adjacent to an activating group) is 1. The van der Waals surface area contributed by atoms with Crippen LogP contribution >= 0.6 is 0 Å². The quantitative estimate of drug-likeness (QED) is 0.686. The molecule has 0 saturated carbocycles. The Morgan fingerprint density at radius 3 is 2.39 bits per heavy atom. The third-order valence-corrected chi connectivity index (χ3v) is 3.81. The molecule has 2 N–H and O–H groups in total. The highest BCUT2D eigenvalue weighted by atomic mass is 19.1. The second-order valence-corrected chi connectivity index (χ2v) is 6.38. The van der Waals surface area contributed by atoms with Crippen molar-refractivity contribution in [3.63, 3.8) is 0 Å². The number of nitrogens with zero attached hydrogens (tertiary/aromatic N) is 1. The van der Waals surface area contributed by atoms with Crippen LogP contribution in [0.3, 0.4) is 0 Å². The first kappa shape index (κ1) is 21.3. The van der Waals surface area contributed by atoms with Crippen LogP contribution in [-0.4, -0.2) is 50.5 Å². The predicted molar refractivity (Wildman–Crippen MR) is 101 cm³/mol. The number of ether oxygens (including phenoxy) is 1. The molecule has 0 aliphatic rings. The highest BCUT2D eigenvalue weighted by molar-refractivity contribution is 5.96. The first-order chi connectivity index (χ1) is 13.3. The molecule has 0 aliphatic heterocycles. The average molecular weight is 391 g/mol. The Morgan fingerprint density at radius 1 is 1.04 bits per heavy atom. The summed E-state index contributed by atoms with van der Waals surface area (Å²) in [4.78, 5) is 25.7. The predicted octanol–water partition coefficient (Wildman–Crippen LogP) is 1.95. The van der Waals surface area contributed by atoms with Crippen molar-refractivity contribution in [2.24, 2.45) is 0 Å². The van der Waals surface area contributed by atoms with Crippen molar-refractivity contribution in [2.75, 3.05) is 33.8 Å². The van der Waals surface area contributed by atoms with Gasteiger partial charge in [0.1, 0.15) is 24.0 Å². The Balaban J connectivity index is 1.74. The molecule has 150 valence electrons. The van der Waals surface area contributed by atoms with Gasteiger partial charge in [-0.2, -0.15) is 0 Å². The van der Waals surface area contributed by atoms with Crippen LogP contribution in [0.15, 0.2) is 42.5 Å². The highest BCUT2D eigenvalue weighted by Gasteiger charge is 2.13. The van der Waals surface area contributed by atoms with Crippen molar-refractivity contribution in [1.29, 1.82) is 0 Å². The molecule has 0 radical (unpaired) electrons. The van der Waals surface area contributed by atoms with E-state index in [2.05, 4.69) is 10.6 Å². The third kappa shape index (κ3) is 6.96. The molecule has 0 heterocycles. The van der Waals surface area contributed by atoms with Crippen molar-refractivity contribution in [2.45, 2.75) is 6.54 Å². The van der Waals surface area contributed by atoms with Gasteiger partial charge in [0.05, 0.1) is 12.1 Å². The zero-order valence-corrected chi connectivity index (χ0v) is 15.8. The van der Waals surface area contributed by atoms with Crippen LogP contribution in [0.25, 0.3) is 0 Å². The van der Waals surface area contributed by atoms with Crippen molar-refractivity contribution in [1.82, 2.24) is 15.5 Å². The van der Waals surface area contributed by atoms with Gasteiger partial charge in [-0.1, -0.05) is 12.1 Å². The van der Waals surface area contributed by atoms with Gasteiger partial charge in [-0.15, -0.1) is 0 Å². The number of rotatable bonds is 9.